The van der Waals surface area contributed by atoms with E-state index in [1.165, 1.54) is 6.21 Å². The van der Waals surface area contributed by atoms with Crippen molar-refractivity contribution in [3.05, 3.63) is 79.4 Å². The highest BCUT2D eigenvalue weighted by Crippen LogP contribution is 2.38. The molecule has 8 heteroatoms. The predicted molar refractivity (Wildman–Crippen MR) is 117 cm³/mol. The molecule has 0 aliphatic heterocycles. The van der Waals surface area contributed by atoms with Crippen LogP contribution in [-0.2, 0) is 6.42 Å². The van der Waals surface area contributed by atoms with Crippen LogP contribution < -0.4 is 0 Å². The van der Waals surface area contributed by atoms with E-state index in [1.807, 2.05) is 45.9 Å². The van der Waals surface area contributed by atoms with Crippen LogP contribution in [0.15, 0.2) is 41.9 Å². The first kappa shape index (κ1) is 22.7. The van der Waals surface area contributed by atoms with E-state index >= 15 is 0 Å². The fourth-order valence-electron chi connectivity index (χ4n) is 3.16. The lowest BCUT2D eigenvalue weighted by atomic mass is 9.89. The number of phenolic OH excluding ortho intramolecular Hbond substituents is 1. The van der Waals surface area contributed by atoms with Crippen LogP contribution >= 0.6 is 0 Å². The van der Waals surface area contributed by atoms with Crippen molar-refractivity contribution in [1.29, 1.82) is 0 Å². The number of allylic oxidation sites excluding steroid dienone is 1. The first-order valence-electron chi connectivity index (χ1n) is 9.54. The quantitative estimate of drug-likeness (QED) is 0.250. The molecule has 0 amide bonds. The van der Waals surface area contributed by atoms with E-state index in [2.05, 4.69) is 11.6 Å². The molecule has 8 nitrogen and oxygen atoms in total. The summed E-state index contributed by atoms with van der Waals surface area (Å²) in [6.07, 6.45) is 3.78. The van der Waals surface area contributed by atoms with Gasteiger partial charge in [-0.05, 0) is 34.9 Å². The normalized spacial score (nSPS) is 11.4. The third kappa shape index (κ3) is 4.89. The molecule has 0 aliphatic rings. The Morgan fingerprint density at radius 1 is 1.03 bits per heavy atom. The second-order valence-corrected chi connectivity index (χ2v) is 7.60. The molecule has 2 rings (SSSR count). The first-order chi connectivity index (χ1) is 14.1. The van der Waals surface area contributed by atoms with Gasteiger partial charge in [-0.2, -0.15) is 0 Å². The molecule has 0 spiro atoms. The van der Waals surface area contributed by atoms with Crippen LogP contribution in [0.3, 0.4) is 0 Å². The molecule has 0 aliphatic carbocycles. The Kier molecular flexibility index (Phi) is 7.05. The largest absolute Gasteiger partial charge is 0.502 e. The van der Waals surface area contributed by atoms with Crippen LogP contribution in [0.25, 0.3) is 0 Å². The number of hydrogen-bond donors (Lipinski definition) is 1. The van der Waals surface area contributed by atoms with E-state index in [9.17, 15) is 25.3 Å². The fraction of sp³-hybridized carbons (Fsp3) is 0.318. The monoisotopic (exact) mass is 411 g/mol. The van der Waals surface area contributed by atoms with E-state index in [0.717, 1.165) is 28.8 Å². The molecule has 0 radical (unpaired) electrons. The SMILES string of the molecule is C=CCc1cc(C(C)C)c(/N=C/c2cc([N+](=O)[O-])cc([N+](=O)[O-])c2O)c(C(C)C)c1. The minimum absolute atomic E-state index is 0.0875. The molecule has 0 fully saturated rings. The third-order valence-corrected chi connectivity index (χ3v) is 4.70. The third-order valence-electron chi connectivity index (χ3n) is 4.70. The summed E-state index contributed by atoms with van der Waals surface area (Å²) in [5.41, 5.74) is 2.44. The molecule has 0 bridgehead atoms. The van der Waals surface area contributed by atoms with Crippen LogP contribution in [0.2, 0.25) is 0 Å². The standard InChI is InChI=1S/C22H25N3O5/c1-6-7-15-8-18(13(2)3)21(19(9-15)14(4)5)23-12-16-10-17(24(27)28)11-20(22(16)26)25(29)30/h6,8-14,26H,1,7H2,2-5H3/b23-12+. The number of hydrogen-bond acceptors (Lipinski definition) is 6. The number of aromatic hydroxyl groups is 1. The van der Waals surface area contributed by atoms with Gasteiger partial charge in [0.25, 0.3) is 5.69 Å². The molecule has 2 aromatic rings. The highest BCUT2D eigenvalue weighted by atomic mass is 16.6. The van der Waals surface area contributed by atoms with Crippen molar-refractivity contribution >= 4 is 23.3 Å². The number of nitro groups is 2. The van der Waals surface area contributed by atoms with E-state index in [-0.39, 0.29) is 17.4 Å². The van der Waals surface area contributed by atoms with Crippen LogP contribution in [0, 0.1) is 20.2 Å². The van der Waals surface area contributed by atoms with Crippen LogP contribution in [0.5, 0.6) is 5.75 Å². The second-order valence-electron chi connectivity index (χ2n) is 7.60. The van der Waals surface area contributed by atoms with E-state index < -0.39 is 27.0 Å². The summed E-state index contributed by atoms with van der Waals surface area (Å²) in [5, 5.41) is 32.6. The van der Waals surface area contributed by atoms with Crippen molar-refractivity contribution in [1.82, 2.24) is 0 Å². The lowest BCUT2D eigenvalue weighted by Gasteiger charge is -2.18. The maximum atomic E-state index is 11.2. The van der Waals surface area contributed by atoms with Crippen molar-refractivity contribution in [3.63, 3.8) is 0 Å². The fourth-order valence-corrected chi connectivity index (χ4v) is 3.16. The minimum Gasteiger partial charge on any atom is -0.502 e. The van der Waals surface area contributed by atoms with Crippen molar-refractivity contribution < 1.29 is 15.0 Å². The van der Waals surface area contributed by atoms with Crippen molar-refractivity contribution in [2.24, 2.45) is 4.99 Å². The van der Waals surface area contributed by atoms with E-state index in [0.29, 0.717) is 12.1 Å². The van der Waals surface area contributed by atoms with E-state index in [1.54, 1.807) is 0 Å². The topological polar surface area (TPSA) is 119 Å². The lowest BCUT2D eigenvalue weighted by Crippen LogP contribution is -2.00. The van der Waals surface area contributed by atoms with Gasteiger partial charge >= 0.3 is 5.69 Å². The summed E-state index contributed by atoms with van der Waals surface area (Å²) in [6.45, 7) is 11.9. The minimum atomic E-state index is -0.858. The van der Waals surface area contributed by atoms with Crippen molar-refractivity contribution in [2.75, 3.05) is 0 Å². The predicted octanol–water partition coefficient (Wildman–Crippen LogP) is 5.93. The Labute approximate surface area is 174 Å². The van der Waals surface area contributed by atoms with Gasteiger partial charge in [0.1, 0.15) is 0 Å². The number of aliphatic imine (C=N–C) groups is 1. The first-order valence-corrected chi connectivity index (χ1v) is 9.54. The summed E-state index contributed by atoms with van der Waals surface area (Å²) >= 11 is 0. The summed E-state index contributed by atoms with van der Waals surface area (Å²) in [5.74, 6) is -0.366. The molecule has 1 N–H and O–H groups in total. The Morgan fingerprint density at radius 3 is 2.03 bits per heavy atom. The van der Waals surface area contributed by atoms with Crippen molar-refractivity contribution in [2.45, 2.75) is 46.0 Å². The molecule has 0 saturated heterocycles. The highest BCUT2D eigenvalue weighted by Gasteiger charge is 2.23. The molecule has 30 heavy (non-hydrogen) atoms. The zero-order chi connectivity index (χ0) is 22.6. The lowest BCUT2D eigenvalue weighted by molar-refractivity contribution is -0.394. The summed E-state index contributed by atoms with van der Waals surface area (Å²) in [7, 11) is 0. The second kappa shape index (κ2) is 9.30. The van der Waals surface area contributed by atoms with Gasteiger partial charge in [0.2, 0.25) is 5.75 Å². The Morgan fingerprint density at radius 2 is 1.60 bits per heavy atom. The number of non-ortho nitro benzene ring substituents is 1. The van der Waals surface area contributed by atoms with Gasteiger partial charge in [0.05, 0.1) is 21.6 Å². The molecular weight excluding hydrogens is 386 g/mol. The zero-order valence-electron chi connectivity index (χ0n) is 17.5. The van der Waals surface area contributed by atoms with Gasteiger partial charge in [0, 0.05) is 17.8 Å². The van der Waals surface area contributed by atoms with Gasteiger partial charge in [-0.1, -0.05) is 45.9 Å². The maximum Gasteiger partial charge on any atom is 0.318 e. The summed E-state index contributed by atoms with van der Waals surface area (Å²) in [6, 6.07) is 5.89. The number of nitro benzene ring substituents is 2. The molecule has 0 atom stereocenters. The van der Waals surface area contributed by atoms with Gasteiger partial charge in [-0.25, -0.2) is 0 Å². The maximum absolute atomic E-state index is 11.2. The molecule has 0 unspecified atom stereocenters. The van der Waals surface area contributed by atoms with Crippen LogP contribution in [-0.4, -0.2) is 21.2 Å². The number of nitrogens with zero attached hydrogens (tertiary/aromatic N) is 3. The van der Waals surface area contributed by atoms with E-state index in [4.69, 9.17) is 0 Å². The summed E-state index contributed by atoms with van der Waals surface area (Å²) < 4.78 is 0. The highest BCUT2D eigenvalue weighted by molar-refractivity contribution is 5.89. The Balaban J connectivity index is 2.71. The van der Waals surface area contributed by atoms with Gasteiger partial charge in [-0.3, -0.25) is 25.2 Å². The van der Waals surface area contributed by atoms with Crippen molar-refractivity contribution in [3.8, 4) is 5.75 Å². The van der Waals surface area contributed by atoms with Gasteiger partial charge in [-0.15, -0.1) is 6.58 Å². The summed E-state index contributed by atoms with van der Waals surface area (Å²) in [4.78, 5) is 25.3. The number of phenols is 1. The average molecular weight is 411 g/mol. The smallest absolute Gasteiger partial charge is 0.318 e. The Bertz CT molecular complexity index is 997. The van der Waals surface area contributed by atoms with Gasteiger partial charge < -0.3 is 5.11 Å². The van der Waals surface area contributed by atoms with Gasteiger partial charge in [0.15, 0.2) is 0 Å². The molecule has 158 valence electrons. The van der Waals surface area contributed by atoms with Crippen LogP contribution in [0.1, 0.15) is 61.8 Å². The zero-order valence-corrected chi connectivity index (χ0v) is 17.5. The number of benzene rings is 2. The molecule has 0 heterocycles. The Hall–Kier alpha value is -3.55. The number of rotatable bonds is 8. The average Bonchev–Trinajstić information content (AvgIpc) is 2.66. The molecule has 0 saturated carbocycles. The molecule has 0 aromatic heterocycles. The van der Waals surface area contributed by atoms with Crippen LogP contribution in [0.4, 0.5) is 17.1 Å². The molecule has 2 aromatic carbocycles. The molecular formula is C22H25N3O5.